The lowest BCUT2D eigenvalue weighted by Crippen LogP contribution is -2.18. The molecular formula is C12H17ClO3. The second-order valence-corrected chi connectivity index (χ2v) is 4.55. The van der Waals surface area contributed by atoms with Gasteiger partial charge in [0.2, 0.25) is 0 Å². The van der Waals surface area contributed by atoms with Crippen LogP contribution in [0.2, 0.25) is 5.02 Å². The minimum absolute atomic E-state index is 0.477. The van der Waals surface area contributed by atoms with Gasteiger partial charge < -0.3 is 14.6 Å². The van der Waals surface area contributed by atoms with Crippen LogP contribution < -0.4 is 9.47 Å². The summed E-state index contributed by atoms with van der Waals surface area (Å²) in [4.78, 5) is 0. The van der Waals surface area contributed by atoms with Gasteiger partial charge in [0, 0.05) is 5.56 Å². The van der Waals surface area contributed by atoms with Gasteiger partial charge in [-0.2, -0.15) is 0 Å². The zero-order chi connectivity index (χ0) is 12.5. The normalized spacial score (nSPS) is 11.4. The largest absolute Gasteiger partial charge is 0.493 e. The molecule has 0 radical (unpaired) electrons. The molecular weight excluding hydrogens is 228 g/mol. The summed E-state index contributed by atoms with van der Waals surface area (Å²) in [6.07, 6.45) is 0. The summed E-state index contributed by atoms with van der Waals surface area (Å²) in [5, 5.41) is 10.6. The summed E-state index contributed by atoms with van der Waals surface area (Å²) in [7, 11) is 3.08. The Balaban J connectivity index is 3.60. The van der Waals surface area contributed by atoms with E-state index in [1.54, 1.807) is 27.0 Å². The Labute approximate surface area is 101 Å². The first-order valence-corrected chi connectivity index (χ1v) is 5.34. The molecule has 1 rings (SSSR count). The predicted octanol–water partition coefficient (Wildman–Crippen LogP) is 2.89. The molecule has 16 heavy (non-hydrogen) atoms. The SMILES string of the molecule is COc1cc(C)c(Cl)c(C(C)(C)O)c1OC. The van der Waals surface area contributed by atoms with Gasteiger partial charge in [-0.25, -0.2) is 0 Å². The lowest BCUT2D eigenvalue weighted by molar-refractivity contribution is 0.0752. The van der Waals surface area contributed by atoms with Gasteiger partial charge in [-0.1, -0.05) is 11.6 Å². The third kappa shape index (κ3) is 2.25. The van der Waals surface area contributed by atoms with Crippen molar-refractivity contribution in [2.24, 2.45) is 0 Å². The summed E-state index contributed by atoms with van der Waals surface area (Å²) in [5.41, 5.74) is 0.312. The molecule has 0 aliphatic carbocycles. The molecule has 3 nitrogen and oxygen atoms in total. The Bertz CT molecular complexity index is 394. The fraction of sp³-hybridized carbons (Fsp3) is 0.500. The highest BCUT2D eigenvalue weighted by atomic mass is 35.5. The Morgan fingerprint density at radius 2 is 1.81 bits per heavy atom. The summed E-state index contributed by atoms with van der Waals surface area (Å²) in [5.74, 6) is 1.05. The number of hydrogen-bond acceptors (Lipinski definition) is 3. The van der Waals surface area contributed by atoms with E-state index in [-0.39, 0.29) is 0 Å². The minimum atomic E-state index is -1.08. The van der Waals surface area contributed by atoms with E-state index in [1.807, 2.05) is 6.92 Å². The maximum absolute atomic E-state index is 10.1. The van der Waals surface area contributed by atoms with Gasteiger partial charge >= 0.3 is 0 Å². The van der Waals surface area contributed by atoms with Crippen LogP contribution in [0.1, 0.15) is 25.0 Å². The zero-order valence-electron chi connectivity index (χ0n) is 10.2. The van der Waals surface area contributed by atoms with Gasteiger partial charge in [-0.15, -0.1) is 0 Å². The molecule has 1 aromatic rings. The van der Waals surface area contributed by atoms with Gasteiger partial charge in [0.1, 0.15) is 0 Å². The highest BCUT2D eigenvalue weighted by molar-refractivity contribution is 6.32. The number of ether oxygens (including phenoxy) is 2. The summed E-state index contributed by atoms with van der Waals surface area (Å²) in [6.45, 7) is 5.19. The molecule has 0 unspecified atom stereocenters. The van der Waals surface area contributed by atoms with Crippen LogP contribution >= 0.6 is 11.6 Å². The number of aliphatic hydroxyl groups is 1. The van der Waals surface area contributed by atoms with Crippen LogP contribution in [0.4, 0.5) is 0 Å². The van der Waals surface area contributed by atoms with Crippen molar-refractivity contribution in [1.29, 1.82) is 0 Å². The molecule has 0 fully saturated rings. The average molecular weight is 245 g/mol. The van der Waals surface area contributed by atoms with Gasteiger partial charge in [0.25, 0.3) is 0 Å². The highest BCUT2D eigenvalue weighted by Gasteiger charge is 2.28. The molecule has 0 saturated heterocycles. The van der Waals surface area contributed by atoms with E-state index >= 15 is 0 Å². The number of benzene rings is 1. The fourth-order valence-corrected chi connectivity index (χ4v) is 2.02. The van der Waals surface area contributed by atoms with Crippen LogP contribution in [0.5, 0.6) is 11.5 Å². The second kappa shape index (κ2) is 4.52. The quantitative estimate of drug-likeness (QED) is 0.889. The molecule has 0 aliphatic heterocycles. The Morgan fingerprint density at radius 1 is 1.25 bits per heavy atom. The van der Waals surface area contributed by atoms with Gasteiger partial charge in [-0.05, 0) is 32.4 Å². The predicted molar refractivity (Wildman–Crippen MR) is 64.5 cm³/mol. The fourth-order valence-electron chi connectivity index (χ4n) is 1.65. The number of hydrogen-bond donors (Lipinski definition) is 1. The van der Waals surface area contributed by atoms with E-state index in [2.05, 4.69) is 0 Å². The zero-order valence-corrected chi connectivity index (χ0v) is 11.0. The third-order valence-electron chi connectivity index (χ3n) is 2.40. The van der Waals surface area contributed by atoms with Gasteiger partial charge in [-0.3, -0.25) is 0 Å². The van der Waals surface area contributed by atoms with Crippen molar-refractivity contribution in [2.75, 3.05) is 14.2 Å². The Morgan fingerprint density at radius 3 is 2.19 bits per heavy atom. The van der Waals surface area contributed by atoms with Crippen LogP contribution in [-0.2, 0) is 5.60 Å². The summed E-state index contributed by atoms with van der Waals surface area (Å²) >= 11 is 6.20. The molecule has 1 aromatic carbocycles. The third-order valence-corrected chi connectivity index (χ3v) is 2.89. The van der Waals surface area contributed by atoms with Crippen LogP contribution in [0.3, 0.4) is 0 Å². The lowest BCUT2D eigenvalue weighted by atomic mass is 9.95. The smallest absolute Gasteiger partial charge is 0.168 e. The minimum Gasteiger partial charge on any atom is -0.493 e. The Kier molecular flexibility index (Phi) is 3.71. The maximum Gasteiger partial charge on any atom is 0.168 e. The van der Waals surface area contributed by atoms with E-state index in [0.29, 0.717) is 22.1 Å². The van der Waals surface area contributed by atoms with Crippen molar-refractivity contribution in [3.05, 3.63) is 22.2 Å². The van der Waals surface area contributed by atoms with Crippen molar-refractivity contribution in [2.45, 2.75) is 26.4 Å². The first-order valence-electron chi connectivity index (χ1n) is 4.96. The van der Waals surface area contributed by atoms with Crippen molar-refractivity contribution in [3.8, 4) is 11.5 Å². The molecule has 0 bridgehead atoms. The highest BCUT2D eigenvalue weighted by Crippen LogP contribution is 2.43. The number of rotatable bonds is 3. The molecule has 1 N–H and O–H groups in total. The molecule has 0 spiro atoms. The number of halogens is 1. The van der Waals surface area contributed by atoms with Crippen LogP contribution in [0.25, 0.3) is 0 Å². The van der Waals surface area contributed by atoms with Gasteiger partial charge in [0.15, 0.2) is 11.5 Å². The topological polar surface area (TPSA) is 38.7 Å². The van der Waals surface area contributed by atoms with Crippen LogP contribution in [0.15, 0.2) is 6.07 Å². The van der Waals surface area contributed by atoms with Crippen LogP contribution in [-0.4, -0.2) is 19.3 Å². The van der Waals surface area contributed by atoms with Crippen molar-refractivity contribution >= 4 is 11.6 Å². The number of aryl methyl sites for hydroxylation is 1. The van der Waals surface area contributed by atoms with Crippen LogP contribution in [0, 0.1) is 6.92 Å². The Hall–Kier alpha value is -0.930. The molecule has 0 aliphatic rings. The van der Waals surface area contributed by atoms with Gasteiger partial charge in [0.05, 0.1) is 24.8 Å². The molecule has 90 valence electrons. The van der Waals surface area contributed by atoms with E-state index in [9.17, 15) is 5.11 Å². The van der Waals surface area contributed by atoms with Crippen molar-refractivity contribution in [3.63, 3.8) is 0 Å². The summed E-state index contributed by atoms with van der Waals surface area (Å²) in [6, 6.07) is 1.79. The molecule has 0 heterocycles. The first-order chi connectivity index (χ1) is 7.32. The van der Waals surface area contributed by atoms with E-state index < -0.39 is 5.60 Å². The first kappa shape index (κ1) is 13.1. The van der Waals surface area contributed by atoms with E-state index in [4.69, 9.17) is 21.1 Å². The van der Waals surface area contributed by atoms with Crippen molar-refractivity contribution < 1.29 is 14.6 Å². The monoisotopic (exact) mass is 244 g/mol. The molecule has 0 amide bonds. The molecule has 0 atom stereocenters. The number of methoxy groups -OCH3 is 2. The second-order valence-electron chi connectivity index (χ2n) is 4.18. The maximum atomic E-state index is 10.1. The average Bonchev–Trinajstić information content (AvgIpc) is 2.19. The molecule has 0 saturated carbocycles. The summed E-state index contributed by atoms with van der Waals surface area (Å²) < 4.78 is 10.5. The molecule has 4 heteroatoms. The van der Waals surface area contributed by atoms with Crippen molar-refractivity contribution in [1.82, 2.24) is 0 Å². The molecule has 0 aromatic heterocycles. The standard InChI is InChI=1S/C12H17ClO3/c1-7-6-8(15-4)11(16-5)9(10(7)13)12(2,3)14/h6,14H,1-5H3. The van der Waals surface area contributed by atoms with E-state index in [0.717, 1.165) is 5.56 Å². The van der Waals surface area contributed by atoms with E-state index in [1.165, 1.54) is 7.11 Å². The lowest BCUT2D eigenvalue weighted by Gasteiger charge is -2.24.